The van der Waals surface area contributed by atoms with Crippen LogP contribution in [0.25, 0.3) is 0 Å². The minimum Gasteiger partial charge on any atom is -0.467 e. The second-order valence-corrected chi connectivity index (χ2v) is 5.44. The van der Waals surface area contributed by atoms with Gasteiger partial charge in [-0.15, -0.1) is 0 Å². The van der Waals surface area contributed by atoms with E-state index in [1.54, 1.807) is 20.8 Å². The van der Waals surface area contributed by atoms with Gasteiger partial charge in [0.15, 0.2) is 6.04 Å². The van der Waals surface area contributed by atoms with Gasteiger partial charge in [0.1, 0.15) is 5.60 Å². The first-order valence-electron chi connectivity index (χ1n) is 6.21. The quantitative estimate of drug-likeness (QED) is 0.715. The lowest BCUT2D eigenvalue weighted by atomic mass is 10.2. The Morgan fingerprint density at radius 1 is 1.20 bits per heavy atom. The Labute approximate surface area is 117 Å². The molecule has 0 spiro atoms. The van der Waals surface area contributed by atoms with Crippen LogP contribution in [0.3, 0.4) is 0 Å². The Kier molecular flexibility index (Phi) is 4.80. The predicted octanol–water partition coefficient (Wildman–Crippen LogP) is 0.759. The van der Waals surface area contributed by atoms with Gasteiger partial charge < -0.3 is 19.5 Å². The number of rotatable bonds is 1. The maximum atomic E-state index is 11.9. The Balaban J connectivity index is 2.78. The zero-order valence-electron chi connectivity index (χ0n) is 12.1. The van der Waals surface area contributed by atoms with Crippen LogP contribution in [-0.2, 0) is 14.3 Å². The molecule has 0 aromatic heterocycles. The summed E-state index contributed by atoms with van der Waals surface area (Å²) in [7, 11) is 1.18. The van der Waals surface area contributed by atoms with Crippen LogP contribution in [0.4, 0.5) is 9.59 Å². The van der Waals surface area contributed by atoms with Crippen LogP contribution in [0.15, 0.2) is 0 Å². The third-order valence-corrected chi connectivity index (χ3v) is 2.75. The summed E-state index contributed by atoms with van der Waals surface area (Å²) in [4.78, 5) is 36.9. The van der Waals surface area contributed by atoms with E-state index in [0.29, 0.717) is 0 Å². The minimum absolute atomic E-state index is 0.0361. The highest BCUT2D eigenvalue weighted by Crippen LogP contribution is 2.16. The van der Waals surface area contributed by atoms with Gasteiger partial charge in [0, 0.05) is 13.1 Å². The molecule has 8 nitrogen and oxygen atoms in total. The predicted molar refractivity (Wildman–Crippen MR) is 68.3 cm³/mol. The molecule has 8 heteroatoms. The summed E-state index contributed by atoms with van der Waals surface area (Å²) in [6.45, 7) is 5.33. The van der Waals surface area contributed by atoms with E-state index >= 15 is 0 Å². The molecule has 1 rings (SSSR count). The maximum absolute atomic E-state index is 11.9. The van der Waals surface area contributed by atoms with Crippen LogP contribution in [0.1, 0.15) is 20.8 Å². The van der Waals surface area contributed by atoms with Crippen molar-refractivity contribution in [3.8, 4) is 0 Å². The number of carboxylic acid groups (broad SMARTS) is 1. The minimum atomic E-state index is -1.22. The number of hydrogen-bond acceptors (Lipinski definition) is 5. The fourth-order valence-corrected chi connectivity index (χ4v) is 1.84. The Hall–Kier alpha value is -1.99. The van der Waals surface area contributed by atoms with E-state index in [1.807, 2.05) is 0 Å². The first-order chi connectivity index (χ1) is 9.15. The highest BCUT2D eigenvalue weighted by Gasteiger charge is 2.38. The fraction of sp³-hybridized carbons (Fsp3) is 0.750. The lowest BCUT2D eigenvalue weighted by molar-refractivity contribution is -0.148. The van der Waals surface area contributed by atoms with Crippen LogP contribution < -0.4 is 0 Å². The Bertz CT molecular complexity index is 403. The topological polar surface area (TPSA) is 96.4 Å². The van der Waals surface area contributed by atoms with Crippen molar-refractivity contribution in [3.05, 3.63) is 0 Å². The van der Waals surface area contributed by atoms with Gasteiger partial charge in [-0.1, -0.05) is 0 Å². The van der Waals surface area contributed by atoms with E-state index < -0.39 is 29.8 Å². The molecule has 1 aliphatic rings. The standard InChI is InChI=1S/C12H20N2O6/c1-12(2,3)20-11(18)13-5-6-14(10(16)17)8(7-13)9(15)19-4/h8H,5-7H2,1-4H3,(H,16,17). The van der Waals surface area contributed by atoms with Gasteiger partial charge in [-0.3, -0.25) is 4.90 Å². The van der Waals surface area contributed by atoms with E-state index in [4.69, 9.17) is 9.84 Å². The third-order valence-electron chi connectivity index (χ3n) is 2.75. The number of nitrogens with zero attached hydrogens (tertiary/aromatic N) is 2. The number of ether oxygens (including phenoxy) is 2. The Morgan fingerprint density at radius 2 is 1.80 bits per heavy atom. The molecule has 2 amide bonds. The molecule has 1 atom stereocenters. The van der Waals surface area contributed by atoms with Gasteiger partial charge in [0.25, 0.3) is 0 Å². The lowest BCUT2D eigenvalue weighted by Gasteiger charge is -2.38. The van der Waals surface area contributed by atoms with Gasteiger partial charge in [0.05, 0.1) is 13.7 Å². The average molecular weight is 288 g/mol. The van der Waals surface area contributed by atoms with Gasteiger partial charge >= 0.3 is 18.2 Å². The van der Waals surface area contributed by atoms with Crippen LogP contribution in [0, 0.1) is 0 Å². The molecule has 1 N–H and O–H groups in total. The number of carbonyl (C=O) groups excluding carboxylic acids is 2. The van der Waals surface area contributed by atoms with E-state index in [1.165, 1.54) is 12.0 Å². The molecule has 0 bridgehead atoms. The van der Waals surface area contributed by atoms with Crippen molar-refractivity contribution in [2.24, 2.45) is 0 Å². The lowest BCUT2D eigenvalue weighted by Crippen LogP contribution is -2.59. The van der Waals surface area contributed by atoms with Crippen molar-refractivity contribution in [1.29, 1.82) is 0 Å². The average Bonchev–Trinajstić information content (AvgIpc) is 2.34. The van der Waals surface area contributed by atoms with E-state index in [9.17, 15) is 14.4 Å². The van der Waals surface area contributed by atoms with Crippen molar-refractivity contribution < 1.29 is 29.0 Å². The van der Waals surface area contributed by atoms with Crippen molar-refractivity contribution in [3.63, 3.8) is 0 Å². The summed E-state index contributed by atoms with van der Waals surface area (Å²) in [5.41, 5.74) is -0.651. The van der Waals surface area contributed by atoms with Crippen LogP contribution >= 0.6 is 0 Å². The SMILES string of the molecule is COC(=O)C1CN(C(=O)OC(C)(C)C)CCN1C(=O)O. The maximum Gasteiger partial charge on any atom is 0.410 e. The molecule has 1 unspecified atom stereocenters. The van der Waals surface area contributed by atoms with Crippen molar-refractivity contribution in [1.82, 2.24) is 9.80 Å². The van der Waals surface area contributed by atoms with Crippen LogP contribution in [-0.4, -0.2) is 71.4 Å². The van der Waals surface area contributed by atoms with E-state index in [0.717, 1.165) is 4.90 Å². The molecule has 20 heavy (non-hydrogen) atoms. The third kappa shape index (κ3) is 4.01. The zero-order valence-corrected chi connectivity index (χ0v) is 12.1. The largest absolute Gasteiger partial charge is 0.467 e. The molecule has 1 saturated heterocycles. The molecule has 0 radical (unpaired) electrons. The highest BCUT2D eigenvalue weighted by molar-refractivity contribution is 5.82. The molecule has 0 aromatic carbocycles. The van der Waals surface area contributed by atoms with Crippen molar-refractivity contribution in [2.45, 2.75) is 32.4 Å². The van der Waals surface area contributed by atoms with Crippen molar-refractivity contribution in [2.75, 3.05) is 26.7 Å². The van der Waals surface area contributed by atoms with Crippen LogP contribution in [0.5, 0.6) is 0 Å². The summed E-state index contributed by atoms with van der Waals surface area (Å²) in [6, 6.07) is -1.03. The number of amides is 2. The number of carbonyl (C=O) groups is 3. The summed E-state index contributed by atoms with van der Waals surface area (Å²) in [6.07, 6.45) is -1.79. The highest BCUT2D eigenvalue weighted by atomic mass is 16.6. The second-order valence-electron chi connectivity index (χ2n) is 5.44. The molecule has 1 heterocycles. The first-order valence-corrected chi connectivity index (χ1v) is 6.21. The summed E-state index contributed by atoms with van der Waals surface area (Å²) >= 11 is 0. The molecule has 1 fully saturated rings. The normalized spacial score (nSPS) is 19.5. The summed E-state index contributed by atoms with van der Waals surface area (Å²) < 4.78 is 9.78. The molecule has 1 aliphatic heterocycles. The zero-order chi connectivity index (χ0) is 15.5. The van der Waals surface area contributed by atoms with E-state index in [2.05, 4.69) is 4.74 Å². The second kappa shape index (κ2) is 5.98. The summed E-state index contributed by atoms with van der Waals surface area (Å²) in [5.74, 6) is -0.694. The number of esters is 1. The molecule has 0 aromatic rings. The number of piperazine rings is 1. The van der Waals surface area contributed by atoms with Gasteiger partial charge in [-0.2, -0.15) is 0 Å². The monoisotopic (exact) mass is 288 g/mol. The fourth-order valence-electron chi connectivity index (χ4n) is 1.84. The van der Waals surface area contributed by atoms with E-state index in [-0.39, 0.29) is 19.6 Å². The van der Waals surface area contributed by atoms with Gasteiger partial charge in [0.2, 0.25) is 0 Å². The molecule has 0 aliphatic carbocycles. The smallest absolute Gasteiger partial charge is 0.410 e. The Morgan fingerprint density at radius 3 is 2.25 bits per heavy atom. The number of hydrogen-bond donors (Lipinski definition) is 1. The summed E-state index contributed by atoms with van der Waals surface area (Å²) in [5, 5.41) is 9.05. The first kappa shape index (κ1) is 16.1. The molecular weight excluding hydrogens is 268 g/mol. The molecule has 114 valence electrons. The van der Waals surface area contributed by atoms with Crippen molar-refractivity contribution >= 4 is 18.2 Å². The van der Waals surface area contributed by atoms with Crippen LogP contribution in [0.2, 0.25) is 0 Å². The number of methoxy groups -OCH3 is 1. The van der Waals surface area contributed by atoms with Gasteiger partial charge in [-0.25, -0.2) is 14.4 Å². The van der Waals surface area contributed by atoms with Gasteiger partial charge in [-0.05, 0) is 20.8 Å². The molecular formula is C12H20N2O6. The molecule has 0 saturated carbocycles.